The zero-order chi connectivity index (χ0) is 28.7. The molecule has 1 amide bonds. The van der Waals surface area contributed by atoms with E-state index in [0.29, 0.717) is 33.7 Å². The highest BCUT2D eigenvalue weighted by Crippen LogP contribution is 2.33. The van der Waals surface area contributed by atoms with Crippen LogP contribution in [0.25, 0.3) is 6.08 Å². The van der Waals surface area contributed by atoms with Crippen molar-refractivity contribution < 1.29 is 27.4 Å². The number of aryl methyl sites for hydroxylation is 1. The van der Waals surface area contributed by atoms with E-state index in [9.17, 15) is 13.2 Å². The van der Waals surface area contributed by atoms with E-state index in [2.05, 4.69) is 0 Å². The fraction of sp³-hybridized carbons (Fsp3) is 0.129. The van der Waals surface area contributed by atoms with Gasteiger partial charge < -0.3 is 14.2 Å². The van der Waals surface area contributed by atoms with Crippen LogP contribution in [0.15, 0.2) is 102 Å². The zero-order valence-electron chi connectivity index (χ0n) is 22.2. The van der Waals surface area contributed by atoms with Crippen LogP contribution in [0.3, 0.4) is 0 Å². The molecule has 4 aromatic rings. The Morgan fingerprint density at radius 3 is 2.17 bits per heavy atom. The van der Waals surface area contributed by atoms with E-state index in [0.717, 1.165) is 11.1 Å². The number of amides is 1. The van der Waals surface area contributed by atoms with Crippen LogP contribution in [0.1, 0.15) is 16.7 Å². The Kier molecular flexibility index (Phi) is 9.14. The molecule has 206 valence electrons. The molecule has 0 bridgehead atoms. The maximum absolute atomic E-state index is 13.7. The minimum Gasteiger partial charge on any atom is -0.495 e. The number of methoxy groups -OCH3 is 2. The van der Waals surface area contributed by atoms with Gasteiger partial charge in [0.25, 0.3) is 15.9 Å². The molecular formula is C31H28ClNO6S. The first kappa shape index (κ1) is 28.7. The number of ether oxygens (including phenoxy) is 3. The lowest BCUT2D eigenvalue weighted by Crippen LogP contribution is -2.35. The second-order valence-corrected chi connectivity index (χ2v) is 11.0. The number of carbonyl (C=O) groups is 1. The van der Waals surface area contributed by atoms with E-state index in [4.69, 9.17) is 25.8 Å². The Bertz CT molecular complexity index is 1620. The largest absolute Gasteiger partial charge is 0.495 e. The van der Waals surface area contributed by atoms with E-state index in [1.54, 1.807) is 30.3 Å². The van der Waals surface area contributed by atoms with Gasteiger partial charge in [-0.05, 0) is 66.6 Å². The first-order valence-electron chi connectivity index (χ1n) is 12.3. The van der Waals surface area contributed by atoms with E-state index < -0.39 is 15.9 Å². The first-order valence-corrected chi connectivity index (χ1v) is 14.1. The van der Waals surface area contributed by atoms with Crippen LogP contribution in [0.2, 0.25) is 5.02 Å². The maximum atomic E-state index is 13.7. The third-order valence-electron chi connectivity index (χ3n) is 5.97. The topological polar surface area (TPSA) is 82.1 Å². The maximum Gasteiger partial charge on any atom is 0.271 e. The van der Waals surface area contributed by atoms with Gasteiger partial charge in [0, 0.05) is 6.08 Å². The van der Waals surface area contributed by atoms with Crippen LogP contribution in [0.5, 0.6) is 17.2 Å². The lowest BCUT2D eigenvalue weighted by atomic mass is 10.2. The standard InChI is InChI=1S/C31H28ClNO6S/c1-22-9-14-26(15-10-22)40(35,36)33(25-13-17-28(37-2)27(32)20-25)31(34)18-12-23-11-16-29(30(19-23)38-3)39-21-24-7-5-4-6-8-24/h4-20H,21H2,1-3H3/b18-12+. The number of anilines is 1. The quantitative estimate of drug-likeness (QED) is 0.196. The van der Waals surface area contributed by atoms with Crippen molar-refractivity contribution in [3.8, 4) is 17.2 Å². The van der Waals surface area contributed by atoms with Crippen LogP contribution < -0.4 is 18.5 Å². The van der Waals surface area contributed by atoms with Gasteiger partial charge in [-0.3, -0.25) is 4.79 Å². The number of hydrogen-bond donors (Lipinski definition) is 0. The summed E-state index contributed by atoms with van der Waals surface area (Å²) < 4.78 is 44.6. The molecule has 0 unspecified atom stereocenters. The number of carbonyl (C=O) groups excluding carboxylic acids is 1. The normalized spacial score (nSPS) is 11.3. The molecule has 4 aromatic carbocycles. The van der Waals surface area contributed by atoms with Crippen molar-refractivity contribution in [3.63, 3.8) is 0 Å². The second kappa shape index (κ2) is 12.7. The summed E-state index contributed by atoms with van der Waals surface area (Å²) in [6.07, 6.45) is 2.69. The van der Waals surface area contributed by atoms with Gasteiger partial charge in [-0.2, -0.15) is 4.31 Å². The number of halogens is 1. The van der Waals surface area contributed by atoms with Crippen molar-refractivity contribution >= 4 is 39.3 Å². The van der Waals surface area contributed by atoms with Gasteiger partial charge >= 0.3 is 0 Å². The molecule has 9 heteroatoms. The summed E-state index contributed by atoms with van der Waals surface area (Å²) in [5.74, 6) is 0.566. The molecule has 0 aliphatic carbocycles. The molecule has 0 saturated heterocycles. The second-order valence-electron chi connectivity index (χ2n) is 8.76. The van der Waals surface area contributed by atoms with E-state index in [-0.39, 0.29) is 15.6 Å². The number of rotatable bonds is 10. The predicted octanol–water partition coefficient (Wildman–Crippen LogP) is 6.68. The Hall–Kier alpha value is -4.27. The van der Waals surface area contributed by atoms with E-state index >= 15 is 0 Å². The molecule has 0 atom stereocenters. The molecule has 0 aliphatic heterocycles. The molecule has 0 spiro atoms. The molecule has 0 aliphatic rings. The van der Waals surface area contributed by atoms with Gasteiger partial charge in [0.2, 0.25) is 0 Å². The van der Waals surface area contributed by atoms with Gasteiger partial charge in [0.05, 0.1) is 29.8 Å². The van der Waals surface area contributed by atoms with Crippen molar-refractivity contribution in [2.45, 2.75) is 18.4 Å². The molecule has 0 N–H and O–H groups in total. The Labute approximate surface area is 239 Å². The number of benzene rings is 4. The van der Waals surface area contributed by atoms with Gasteiger partial charge in [0.1, 0.15) is 12.4 Å². The minimum absolute atomic E-state index is 0.0339. The smallest absolute Gasteiger partial charge is 0.271 e. The summed E-state index contributed by atoms with van der Waals surface area (Å²) in [5.41, 5.74) is 2.57. The fourth-order valence-corrected chi connectivity index (χ4v) is 5.49. The lowest BCUT2D eigenvalue weighted by Gasteiger charge is -2.22. The lowest BCUT2D eigenvalue weighted by molar-refractivity contribution is -0.113. The summed E-state index contributed by atoms with van der Waals surface area (Å²) in [7, 11) is -1.31. The number of sulfonamides is 1. The van der Waals surface area contributed by atoms with Crippen LogP contribution >= 0.6 is 11.6 Å². The van der Waals surface area contributed by atoms with Gasteiger partial charge in [0.15, 0.2) is 11.5 Å². The fourth-order valence-electron chi connectivity index (χ4n) is 3.86. The summed E-state index contributed by atoms with van der Waals surface area (Å²) in [6, 6.07) is 25.5. The van der Waals surface area contributed by atoms with Gasteiger partial charge in [-0.1, -0.05) is 65.7 Å². The summed E-state index contributed by atoms with van der Waals surface area (Å²) in [4.78, 5) is 13.4. The minimum atomic E-state index is -4.28. The van der Waals surface area contributed by atoms with E-state index in [1.807, 2.05) is 37.3 Å². The average Bonchev–Trinajstić information content (AvgIpc) is 2.96. The highest BCUT2D eigenvalue weighted by molar-refractivity contribution is 7.93. The zero-order valence-corrected chi connectivity index (χ0v) is 23.8. The average molecular weight is 578 g/mol. The van der Waals surface area contributed by atoms with Crippen molar-refractivity contribution in [2.24, 2.45) is 0 Å². The van der Waals surface area contributed by atoms with Crippen LogP contribution in [-0.4, -0.2) is 28.5 Å². The Morgan fingerprint density at radius 2 is 1.52 bits per heavy atom. The van der Waals surface area contributed by atoms with Crippen LogP contribution in [0.4, 0.5) is 5.69 Å². The predicted molar refractivity (Wildman–Crippen MR) is 157 cm³/mol. The molecule has 40 heavy (non-hydrogen) atoms. The van der Waals surface area contributed by atoms with Gasteiger partial charge in [-0.25, -0.2) is 8.42 Å². The molecule has 0 fully saturated rings. The first-order chi connectivity index (χ1) is 19.2. The van der Waals surface area contributed by atoms with Crippen LogP contribution in [-0.2, 0) is 21.4 Å². The van der Waals surface area contributed by atoms with Crippen molar-refractivity contribution in [2.75, 3.05) is 18.5 Å². The monoisotopic (exact) mass is 577 g/mol. The van der Waals surface area contributed by atoms with E-state index in [1.165, 1.54) is 56.7 Å². The summed E-state index contributed by atoms with van der Waals surface area (Å²) in [5, 5.41) is 0.164. The van der Waals surface area contributed by atoms with Crippen molar-refractivity contribution in [3.05, 3.63) is 119 Å². The van der Waals surface area contributed by atoms with Gasteiger partial charge in [-0.15, -0.1) is 0 Å². The highest BCUT2D eigenvalue weighted by Gasteiger charge is 2.30. The molecule has 4 rings (SSSR count). The van der Waals surface area contributed by atoms with Crippen molar-refractivity contribution in [1.82, 2.24) is 0 Å². The molecule has 0 aromatic heterocycles. The Balaban J connectivity index is 1.64. The number of hydrogen-bond acceptors (Lipinski definition) is 6. The summed E-state index contributed by atoms with van der Waals surface area (Å²) in [6.45, 7) is 2.21. The van der Waals surface area contributed by atoms with Crippen molar-refractivity contribution in [1.29, 1.82) is 0 Å². The molecule has 0 radical (unpaired) electrons. The Morgan fingerprint density at radius 1 is 0.850 bits per heavy atom. The molecular weight excluding hydrogens is 550 g/mol. The highest BCUT2D eigenvalue weighted by atomic mass is 35.5. The molecule has 0 heterocycles. The third kappa shape index (κ3) is 6.65. The van der Waals surface area contributed by atoms with Crippen LogP contribution in [0, 0.1) is 6.92 Å². The summed E-state index contributed by atoms with van der Waals surface area (Å²) >= 11 is 6.28. The molecule has 0 saturated carbocycles. The third-order valence-corrected chi connectivity index (χ3v) is 8.01. The molecule has 7 nitrogen and oxygen atoms in total. The SMILES string of the molecule is COc1ccc(N(C(=O)/C=C/c2ccc(OCc3ccccc3)c(OC)c2)S(=O)(=O)c2ccc(C)cc2)cc1Cl. The number of nitrogens with zero attached hydrogens (tertiary/aromatic N) is 1.